The second-order valence-electron chi connectivity index (χ2n) is 9.62. The van der Waals surface area contributed by atoms with Gasteiger partial charge in [0.15, 0.2) is 0 Å². The van der Waals surface area contributed by atoms with E-state index in [1.807, 2.05) is 36.4 Å². The number of hydrogen-bond donors (Lipinski definition) is 1. The molecular weight excluding hydrogens is 512 g/mol. The van der Waals surface area contributed by atoms with Gasteiger partial charge in [0.1, 0.15) is 21.8 Å². The molecule has 1 aliphatic rings. The molecule has 1 amide bonds. The molecule has 8 heteroatoms. The number of hydrogen-bond acceptors (Lipinski definition) is 6. The Morgan fingerprint density at radius 1 is 1.00 bits per heavy atom. The van der Waals surface area contributed by atoms with Gasteiger partial charge in [0.25, 0.3) is 11.5 Å². The van der Waals surface area contributed by atoms with Gasteiger partial charge in [-0.15, -0.1) is 0 Å². The van der Waals surface area contributed by atoms with Crippen LogP contribution >= 0.6 is 24.0 Å². The number of carbonyl (C=O) groups excluding carboxylic acids is 1. The Bertz CT molecular complexity index is 1260. The van der Waals surface area contributed by atoms with E-state index in [0.717, 1.165) is 31.2 Å². The summed E-state index contributed by atoms with van der Waals surface area (Å²) in [5.41, 5.74) is 2.14. The maximum Gasteiger partial charge on any atom is 0.270 e. The highest BCUT2D eigenvalue weighted by atomic mass is 32.2. The van der Waals surface area contributed by atoms with Crippen LogP contribution in [0.25, 0.3) is 6.08 Å². The third-order valence-electron chi connectivity index (χ3n) is 6.80. The van der Waals surface area contributed by atoms with E-state index in [0.29, 0.717) is 45.8 Å². The monoisotopic (exact) mass is 550 g/mol. The van der Waals surface area contributed by atoms with Crippen LogP contribution < -0.4 is 10.9 Å². The lowest BCUT2D eigenvalue weighted by Gasteiger charge is -2.20. The number of amides is 1. The fraction of sp³-hybridized carbons (Fsp3) is 0.467. The van der Waals surface area contributed by atoms with Gasteiger partial charge in [-0.1, -0.05) is 107 Å². The number of thiocarbonyl (C=S) groups is 1. The molecule has 1 aromatic heterocycles. The molecule has 0 spiro atoms. The maximum absolute atomic E-state index is 13.4. The quantitative estimate of drug-likeness (QED) is 0.155. The first kappa shape index (κ1) is 29.7. The molecule has 0 radical (unpaired) electrons. The molecule has 0 saturated carbocycles. The smallest absolute Gasteiger partial charge is 0.270 e. The molecule has 1 N–H and O–H groups in total. The first-order valence-electron chi connectivity index (χ1n) is 13.6. The summed E-state index contributed by atoms with van der Waals surface area (Å²) in [5, 5.41) is 13.3. The van der Waals surface area contributed by atoms with E-state index in [-0.39, 0.29) is 17.0 Å². The van der Waals surface area contributed by atoms with Crippen molar-refractivity contribution in [2.45, 2.75) is 85.2 Å². The van der Waals surface area contributed by atoms with Crippen molar-refractivity contribution in [3.8, 4) is 6.07 Å². The van der Waals surface area contributed by atoms with Crippen LogP contribution in [0.2, 0.25) is 0 Å². The summed E-state index contributed by atoms with van der Waals surface area (Å²) in [6.07, 6.45) is 10.4. The Balaban J connectivity index is 1.95. The summed E-state index contributed by atoms with van der Waals surface area (Å²) in [6, 6.07) is 12.1. The fourth-order valence-corrected chi connectivity index (χ4v) is 5.83. The number of anilines is 1. The Kier molecular flexibility index (Phi) is 11.6. The van der Waals surface area contributed by atoms with Crippen LogP contribution in [0.3, 0.4) is 0 Å². The average Bonchev–Trinajstić information content (AvgIpc) is 3.18. The van der Waals surface area contributed by atoms with E-state index in [1.165, 1.54) is 37.4 Å². The molecule has 1 fully saturated rings. The van der Waals surface area contributed by atoms with Crippen LogP contribution in [0.15, 0.2) is 40.0 Å². The summed E-state index contributed by atoms with van der Waals surface area (Å²) in [4.78, 5) is 28.9. The van der Waals surface area contributed by atoms with Crippen molar-refractivity contribution in [3.05, 3.63) is 67.8 Å². The highest BCUT2D eigenvalue weighted by Crippen LogP contribution is 2.35. The van der Waals surface area contributed by atoms with E-state index in [2.05, 4.69) is 25.2 Å². The Morgan fingerprint density at radius 2 is 1.68 bits per heavy atom. The molecule has 2 heterocycles. The molecule has 1 aliphatic heterocycles. The van der Waals surface area contributed by atoms with Crippen LogP contribution in [0.1, 0.15) is 87.5 Å². The van der Waals surface area contributed by atoms with Gasteiger partial charge < -0.3 is 5.32 Å². The van der Waals surface area contributed by atoms with Gasteiger partial charge in [0.2, 0.25) is 0 Å². The van der Waals surface area contributed by atoms with Crippen LogP contribution in [0.4, 0.5) is 5.82 Å². The summed E-state index contributed by atoms with van der Waals surface area (Å²) in [6.45, 7) is 7.66. The lowest BCUT2D eigenvalue weighted by molar-refractivity contribution is -0.122. The SMILES string of the molecule is CCCCCCCCN1C(=O)/C(=C\c2c(C)c(C#N)c(=O)n(CCCC)c2NCc2ccccc2)SC1=S. The van der Waals surface area contributed by atoms with Crippen molar-refractivity contribution >= 4 is 46.1 Å². The summed E-state index contributed by atoms with van der Waals surface area (Å²) in [5.74, 6) is 0.525. The maximum atomic E-state index is 13.4. The summed E-state index contributed by atoms with van der Waals surface area (Å²) < 4.78 is 2.21. The van der Waals surface area contributed by atoms with Gasteiger partial charge in [-0.25, -0.2) is 0 Å². The molecule has 0 bridgehead atoms. The molecule has 1 saturated heterocycles. The van der Waals surface area contributed by atoms with Gasteiger partial charge >= 0.3 is 0 Å². The van der Waals surface area contributed by atoms with Gasteiger partial charge in [-0.2, -0.15) is 5.26 Å². The zero-order chi connectivity index (χ0) is 27.5. The zero-order valence-electron chi connectivity index (χ0n) is 22.7. The molecule has 2 aromatic rings. The number of unbranched alkanes of at least 4 members (excludes halogenated alkanes) is 6. The molecule has 0 aliphatic carbocycles. The third kappa shape index (κ3) is 7.36. The van der Waals surface area contributed by atoms with Gasteiger partial charge in [-0.3, -0.25) is 19.1 Å². The highest BCUT2D eigenvalue weighted by molar-refractivity contribution is 8.26. The minimum atomic E-state index is -0.304. The number of nitrogens with one attached hydrogen (secondary N) is 1. The van der Waals surface area contributed by atoms with Gasteiger partial charge in [0.05, 0.1) is 4.91 Å². The number of benzene rings is 1. The number of aromatic nitrogens is 1. The first-order chi connectivity index (χ1) is 18.4. The molecule has 1 aromatic carbocycles. The zero-order valence-corrected chi connectivity index (χ0v) is 24.3. The largest absolute Gasteiger partial charge is 0.367 e. The predicted octanol–water partition coefficient (Wildman–Crippen LogP) is 7.00. The number of thioether (sulfide) groups is 1. The Labute approximate surface area is 236 Å². The fourth-order valence-electron chi connectivity index (χ4n) is 4.54. The number of nitriles is 1. The molecule has 6 nitrogen and oxygen atoms in total. The second-order valence-corrected chi connectivity index (χ2v) is 11.3. The molecular formula is C30H38N4O2S2. The number of pyridine rings is 1. The lowest BCUT2D eigenvalue weighted by atomic mass is 10.0. The average molecular weight is 551 g/mol. The first-order valence-corrected chi connectivity index (χ1v) is 14.9. The Morgan fingerprint density at radius 3 is 2.37 bits per heavy atom. The van der Waals surface area contributed by atoms with Gasteiger partial charge in [0, 0.05) is 25.2 Å². The second kappa shape index (κ2) is 14.9. The molecule has 0 unspecified atom stereocenters. The summed E-state index contributed by atoms with van der Waals surface area (Å²) in [7, 11) is 0. The standard InChI is InChI=1S/C30H38N4O2S2/c1-4-6-8-9-10-14-18-34-29(36)26(38-30(34)37)19-24-22(3)25(20-31)28(35)33(17-7-5-2)27(24)32-21-23-15-12-11-13-16-23/h11-13,15-16,19,32H,4-10,14,17-18,21H2,1-3H3/b26-19+. The highest BCUT2D eigenvalue weighted by Gasteiger charge is 2.32. The minimum Gasteiger partial charge on any atom is -0.367 e. The van der Waals surface area contributed by atoms with Crippen LogP contribution in [0, 0.1) is 18.3 Å². The third-order valence-corrected chi connectivity index (χ3v) is 8.17. The minimum absolute atomic E-state index is 0.105. The molecule has 202 valence electrons. The van der Waals surface area contributed by atoms with Crippen LogP contribution in [-0.2, 0) is 17.9 Å². The van der Waals surface area contributed by atoms with E-state index >= 15 is 0 Å². The van der Waals surface area contributed by atoms with Crippen molar-refractivity contribution in [2.75, 3.05) is 11.9 Å². The molecule has 3 rings (SSSR count). The topological polar surface area (TPSA) is 78.1 Å². The predicted molar refractivity (Wildman–Crippen MR) is 162 cm³/mol. The molecule has 38 heavy (non-hydrogen) atoms. The summed E-state index contributed by atoms with van der Waals surface area (Å²) >= 11 is 6.86. The van der Waals surface area contributed by atoms with E-state index in [4.69, 9.17) is 12.2 Å². The van der Waals surface area contributed by atoms with Gasteiger partial charge in [-0.05, 0) is 37.0 Å². The van der Waals surface area contributed by atoms with Crippen molar-refractivity contribution in [3.63, 3.8) is 0 Å². The van der Waals surface area contributed by atoms with Crippen molar-refractivity contribution < 1.29 is 4.79 Å². The van der Waals surface area contributed by atoms with E-state index in [9.17, 15) is 14.9 Å². The number of rotatable bonds is 14. The van der Waals surface area contributed by atoms with E-state index < -0.39 is 0 Å². The number of nitrogens with zero attached hydrogens (tertiary/aromatic N) is 3. The van der Waals surface area contributed by atoms with Crippen LogP contribution in [-0.4, -0.2) is 26.2 Å². The van der Waals surface area contributed by atoms with E-state index in [1.54, 1.807) is 16.4 Å². The van der Waals surface area contributed by atoms with Crippen LogP contribution in [0.5, 0.6) is 0 Å². The van der Waals surface area contributed by atoms with Crippen molar-refractivity contribution in [1.29, 1.82) is 5.26 Å². The van der Waals surface area contributed by atoms with Crippen molar-refractivity contribution in [2.24, 2.45) is 0 Å². The number of carbonyl (C=O) groups is 1. The normalized spacial score (nSPS) is 14.4. The van der Waals surface area contributed by atoms with Crippen molar-refractivity contribution in [1.82, 2.24) is 9.47 Å². The Hall–Kier alpha value is -2.89. The lowest BCUT2D eigenvalue weighted by Crippen LogP contribution is -2.29. The molecule has 0 atom stereocenters.